The molecule has 88 valence electrons. The summed E-state index contributed by atoms with van der Waals surface area (Å²) < 4.78 is 4.58. The Hall–Kier alpha value is -0.610. The minimum atomic E-state index is -0.138. The molecule has 0 aromatic carbocycles. The highest BCUT2D eigenvalue weighted by atomic mass is 16.5. The van der Waals surface area contributed by atoms with Crippen LogP contribution in [-0.4, -0.2) is 49.7 Å². The number of ether oxygens (including phenoxy) is 1. The van der Waals surface area contributed by atoms with Crippen molar-refractivity contribution in [1.29, 1.82) is 0 Å². The Morgan fingerprint density at radius 3 is 2.87 bits per heavy atom. The second kappa shape index (κ2) is 6.08. The van der Waals surface area contributed by atoms with Crippen molar-refractivity contribution >= 4 is 5.97 Å². The summed E-state index contributed by atoms with van der Waals surface area (Å²) in [4.78, 5) is 13.3. The highest BCUT2D eigenvalue weighted by Crippen LogP contribution is 2.11. The SMILES string of the molecule is COC(=O)CCNC1CCN(C(C)C)C1. The first-order valence-corrected chi connectivity index (χ1v) is 5.67. The number of carbonyl (C=O) groups is 1. The lowest BCUT2D eigenvalue weighted by molar-refractivity contribution is -0.140. The van der Waals surface area contributed by atoms with Crippen molar-refractivity contribution in [2.45, 2.75) is 38.8 Å². The lowest BCUT2D eigenvalue weighted by atomic mass is 10.2. The highest BCUT2D eigenvalue weighted by Gasteiger charge is 2.23. The molecule has 1 aliphatic rings. The van der Waals surface area contributed by atoms with Gasteiger partial charge in [0.1, 0.15) is 0 Å². The molecule has 1 unspecified atom stereocenters. The molecule has 0 aromatic rings. The first-order chi connectivity index (χ1) is 7.13. The highest BCUT2D eigenvalue weighted by molar-refractivity contribution is 5.69. The molecule has 1 saturated heterocycles. The summed E-state index contributed by atoms with van der Waals surface area (Å²) in [6.07, 6.45) is 1.65. The quantitative estimate of drug-likeness (QED) is 0.681. The van der Waals surface area contributed by atoms with Crippen LogP contribution in [0, 0.1) is 0 Å². The number of hydrogen-bond donors (Lipinski definition) is 1. The van der Waals surface area contributed by atoms with Gasteiger partial charge in [0.25, 0.3) is 0 Å². The van der Waals surface area contributed by atoms with Gasteiger partial charge in [-0.05, 0) is 26.8 Å². The van der Waals surface area contributed by atoms with Gasteiger partial charge < -0.3 is 10.1 Å². The monoisotopic (exact) mass is 214 g/mol. The van der Waals surface area contributed by atoms with Crippen molar-refractivity contribution < 1.29 is 9.53 Å². The second-order valence-corrected chi connectivity index (χ2v) is 4.35. The van der Waals surface area contributed by atoms with E-state index in [2.05, 4.69) is 28.8 Å². The first-order valence-electron chi connectivity index (χ1n) is 5.67. The maximum atomic E-state index is 10.9. The summed E-state index contributed by atoms with van der Waals surface area (Å²) in [6.45, 7) is 7.42. The van der Waals surface area contributed by atoms with Crippen molar-refractivity contribution in [2.75, 3.05) is 26.7 Å². The van der Waals surface area contributed by atoms with Gasteiger partial charge in [0, 0.05) is 25.2 Å². The molecule has 0 bridgehead atoms. The van der Waals surface area contributed by atoms with Crippen LogP contribution in [0.1, 0.15) is 26.7 Å². The Bertz CT molecular complexity index is 207. The van der Waals surface area contributed by atoms with E-state index in [0.29, 0.717) is 18.5 Å². The Morgan fingerprint density at radius 2 is 2.33 bits per heavy atom. The van der Waals surface area contributed by atoms with Gasteiger partial charge in [-0.2, -0.15) is 0 Å². The molecule has 4 nitrogen and oxygen atoms in total. The molecule has 1 atom stereocenters. The van der Waals surface area contributed by atoms with E-state index in [-0.39, 0.29) is 5.97 Å². The van der Waals surface area contributed by atoms with Crippen LogP contribution in [-0.2, 0) is 9.53 Å². The molecule has 1 aliphatic heterocycles. The van der Waals surface area contributed by atoms with E-state index in [0.717, 1.165) is 19.6 Å². The predicted molar refractivity (Wildman–Crippen MR) is 59.7 cm³/mol. The first kappa shape index (κ1) is 12.5. The van der Waals surface area contributed by atoms with Gasteiger partial charge in [-0.15, -0.1) is 0 Å². The van der Waals surface area contributed by atoms with Gasteiger partial charge in [0.15, 0.2) is 0 Å². The van der Waals surface area contributed by atoms with Crippen LogP contribution in [0.3, 0.4) is 0 Å². The molecule has 0 amide bonds. The molecule has 4 heteroatoms. The normalized spacial score (nSPS) is 22.3. The smallest absolute Gasteiger partial charge is 0.306 e. The summed E-state index contributed by atoms with van der Waals surface area (Å²) >= 11 is 0. The fourth-order valence-electron chi connectivity index (χ4n) is 1.90. The number of nitrogens with zero attached hydrogens (tertiary/aromatic N) is 1. The molecule has 0 radical (unpaired) electrons. The van der Waals surface area contributed by atoms with Gasteiger partial charge in [-0.25, -0.2) is 0 Å². The molecule has 15 heavy (non-hydrogen) atoms. The van der Waals surface area contributed by atoms with E-state index >= 15 is 0 Å². The van der Waals surface area contributed by atoms with E-state index in [1.807, 2.05) is 0 Å². The van der Waals surface area contributed by atoms with Crippen LogP contribution < -0.4 is 5.32 Å². The third-order valence-electron chi connectivity index (χ3n) is 2.94. The summed E-state index contributed by atoms with van der Waals surface area (Å²) in [6, 6.07) is 1.16. The lowest BCUT2D eigenvalue weighted by Crippen LogP contribution is -2.36. The molecule has 0 aliphatic carbocycles. The minimum Gasteiger partial charge on any atom is -0.469 e. The zero-order chi connectivity index (χ0) is 11.3. The number of carbonyl (C=O) groups excluding carboxylic acids is 1. The Balaban J connectivity index is 2.11. The zero-order valence-electron chi connectivity index (χ0n) is 9.95. The average molecular weight is 214 g/mol. The molecular weight excluding hydrogens is 192 g/mol. The Labute approximate surface area is 92.0 Å². The second-order valence-electron chi connectivity index (χ2n) is 4.35. The summed E-state index contributed by atoms with van der Waals surface area (Å²) in [5, 5.41) is 3.39. The molecule has 1 heterocycles. The van der Waals surface area contributed by atoms with E-state index in [1.54, 1.807) is 0 Å². The standard InChI is InChI=1S/C11H22N2O2/c1-9(2)13-7-5-10(8-13)12-6-4-11(14)15-3/h9-10,12H,4-8H2,1-3H3. The van der Waals surface area contributed by atoms with E-state index in [4.69, 9.17) is 0 Å². The van der Waals surface area contributed by atoms with E-state index in [9.17, 15) is 4.79 Å². The number of nitrogens with one attached hydrogen (secondary N) is 1. The van der Waals surface area contributed by atoms with Gasteiger partial charge >= 0.3 is 5.97 Å². The molecule has 0 spiro atoms. The maximum absolute atomic E-state index is 10.9. The number of likely N-dealkylation sites (tertiary alicyclic amines) is 1. The third kappa shape index (κ3) is 4.18. The van der Waals surface area contributed by atoms with Gasteiger partial charge in [-0.1, -0.05) is 0 Å². The van der Waals surface area contributed by atoms with Crippen LogP contribution in [0.4, 0.5) is 0 Å². The predicted octanol–water partition coefficient (Wildman–Crippen LogP) is 0.622. The van der Waals surface area contributed by atoms with Crippen molar-refractivity contribution in [3.05, 3.63) is 0 Å². The fraction of sp³-hybridized carbons (Fsp3) is 0.909. The van der Waals surface area contributed by atoms with Crippen LogP contribution >= 0.6 is 0 Å². The topological polar surface area (TPSA) is 41.6 Å². The molecular formula is C11H22N2O2. The van der Waals surface area contributed by atoms with Crippen molar-refractivity contribution in [3.63, 3.8) is 0 Å². The summed E-state index contributed by atoms with van der Waals surface area (Å²) in [5.41, 5.74) is 0. The zero-order valence-corrected chi connectivity index (χ0v) is 9.95. The summed E-state index contributed by atoms with van der Waals surface area (Å²) in [5.74, 6) is -0.138. The Kier molecular flexibility index (Phi) is 5.05. The van der Waals surface area contributed by atoms with Crippen LogP contribution in [0.2, 0.25) is 0 Å². The molecule has 0 saturated carbocycles. The van der Waals surface area contributed by atoms with Crippen molar-refractivity contribution in [2.24, 2.45) is 0 Å². The van der Waals surface area contributed by atoms with Gasteiger partial charge in [0.2, 0.25) is 0 Å². The maximum Gasteiger partial charge on any atom is 0.306 e. The lowest BCUT2D eigenvalue weighted by Gasteiger charge is -2.20. The van der Waals surface area contributed by atoms with Crippen LogP contribution in [0.25, 0.3) is 0 Å². The molecule has 1 N–H and O–H groups in total. The molecule has 1 fully saturated rings. The van der Waals surface area contributed by atoms with E-state index in [1.165, 1.54) is 13.5 Å². The van der Waals surface area contributed by atoms with Crippen molar-refractivity contribution in [3.8, 4) is 0 Å². The number of methoxy groups -OCH3 is 1. The van der Waals surface area contributed by atoms with Crippen molar-refractivity contribution in [1.82, 2.24) is 10.2 Å². The number of esters is 1. The average Bonchev–Trinajstić information content (AvgIpc) is 2.66. The molecule has 0 aromatic heterocycles. The third-order valence-corrected chi connectivity index (χ3v) is 2.94. The Morgan fingerprint density at radius 1 is 1.60 bits per heavy atom. The fourth-order valence-corrected chi connectivity index (χ4v) is 1.90. The van der Waals surface area contributed by atoms with Gasteiger partial charge in [0.05, 0.1) is 13.5 Å². The molecule has 1 rings (SSSR count). The van der Waals surface area contributed by atoms with Crippen LogP contribution in [0.15, 0.2) is 0 Å². The van der Waals surface area contributed by atoms with E-state index < -0.39 is 0 Å². The minimum absolute atomic E-state index is 0.138. The van der Waals surface area contributed by atoms with Gasteiger partial charge in [-0.3, -0.25) is 9.69 Å². The number of hydrogen-bond acceptors (Lipinski definition) is 4. The number of rotatable bonds is 5. The largest absolute Gasteiger partial charge is 0.469 e. The van der Waals surface area contributed by atoms with Crippen LogP contribution in [0.5, 0.6) is 0 Å². The summed E-state index contributed by atoms with van der Waals surface area (Å²) in [7, 11) is 1.43.